The van der Waals surface area contributed by atoms with Gasteiger partial charge >= 0.3 is 0 Å². The Morgan fingerprint density at radius 1 is 0.741 bits per heavy atom. The van der Waals surface area contributed by atoms with Crippen molar-refractivity contribution in [2.75, 3.05) is 0 Å². The molecule has 2 nitrogen and oxygen atoms in total. The van der Waals surface area contributed by atoms with E-state index < -0.39 is 0 Å². The van der Waals surface area contributed by atoms with E-state index in [0.717, 1.165) is 18.4 Å². The minimum Gasteiger partial charge on any atom is -0.288 e. The number of aromatic nitrogens is 1. The van der Waals surface area contributed by atoms with Crippen molar-refractivity contribution in [3.05, 3.63) is 220 Å². The number of quaternary nitrogens is 1. The number of nitrogens with two attached hydrogens (primary N) is 1. The van der Waals surface area contributed by atoms with E-state index in [0.29, 0.717) is 11.8 Å². The second-order valence-electron chi connectivity index (χ2n) is 16.7. The third kappa shape index (κ3) is 4.81. The number of hydrogen-bond acceptors (Lipinski definition) is 1. The summed E-state index contributed by atoms with van der Waals surface area (Å²) in [4.78, 5) is 1.27. The SMILES string of the molecule is C=C1C=C(n2c3c(c4cc5ccccc5cc42)CC(C)C=C3)[NH2+]C(c2ccc3c(c2)-c2ccccc2C3(c2ccccc2)C2C=CC=CC2)c2c1sc1ccccc21. The molecule has 0 radical (unpaired) electrons. The fraction of sp³-hybridized carbons (Fsp3) is 0.127. The van der Waals surface area contributed by atoms with Gasteiger partial charge in [0.2, 0.25) is 5.82 Å². The lowest BCUT2D eigenvalue weighted by Crippen LogP contribution is -2.83. The van der Waals surface area contributed by atoms with Gasteiger partial charge in [0.25, 0.3) is 0 Å². The number of thiophene rings is 1. The molecule has 1 aliphatic heterocycles. The molecule has 0 saturated heterocycles. The van der Waals surface area contributed by atoms with Gasteiger partial charge in [-0.25, -0.2) is 0 Å². The van der Waals surface area contributed by atoms with E-state index in [4.69, 9.17) is 6.58 Å². The van der Waals surface area contributed by atoms with Crippen LogP contribution in [-0.2, 0) is 11.8 Å². The molecule has 4 atom stereocenters. The highest BCUT2D eigenvalue weighted by atomic mass is 32.1. The topological polar surface area (TPSA) is 21.5 Å². The Kier molecular flexibility index (Phi) is 7.51. The van der Waals surface area contributed by atoms with E-state index in [2.05, 4.69) is 193 Å². The molecule has 3 aliphatic carbocycles. The fourth-order valence-electron chi connectivity index (χ4n) is 11.0. The standard InChI is InChI=1S/C55H42N2S/c1-34-25-28-48-44(29-34)45-31-36-15-9-10-16-37(36)33-49(45)57(48)51-30-35(2)54-52(42-22-12-14-24-50(42)58-54)53(56-51)38-26-27-47-43(32-38)41-21-11-13-23-46(41)55(47,39-17-5-3-6-18-39)40-19-7-4-8-20-40/h3-19,21-28,30-34,40,53,56H,2,20,29H2,1H3/p+1. The van der Waals surface area contributed by atoms with Crippen LogP contribution in [0.2, 0.25) is 0 Å². The minimum atomic E-state index is -0.297. The molecule has 58 heavy (non-hydrogen) atoms. The molecule has 4 aliphatic rings. The van der Waals surface area contributed by atoms with E-state index in [9.17, 15) is 0 Å². The van der Waals surface area contributed by atoms with Crippen molar-refractivity contribution >= 4 is 60.6 Å². The monoisotopic (exact) mass is 763 g/mol. The number of benzene rings is 6. The number of rotatable bonds is 4. The van der Waals surface area contributed by atoms with Crippen molar-refractivity contribution in [3.63, 3.8) is 0 Å². The lowest BCUT2D eigenvalue weighted by atomic mass is 9.62. The Hall–Kier alpha value is -6.26. The third-order valence-electron chi connectivity index (χ3n) is 13.5. The summed E-state index contributed by atoms with van der Waals surface area (Å²) in [6.45, 7) is 7.15. The summed E-state index contributed by atoms with van der Waals surface area (Å²) in [5, 5.41) is 7.77. The van der Waals surface area contributed by atoms with Crippen LogP contribution in [0.1, 0.15) is 63.3 Å². The van der Waals surface area contributed by atoms with E-state index >= 15 is 0 Å². The molecule has 0 bridgehead atoms. The first-order valence-corrected chi connectivity index (χ1v) is 21.5. The summed E-state index contributed by atoms with van der Waals surface area (Å²) in [5.41, 5.74) is 14.3. The number of hydrogen-bond donors (Lipinski definition) is 1. The highest BCUT2D eigenvalue weighted by molar-refractivity contribution is 7.20. The van der Waals surface area contributed by atoms with Gasteiger partial charge in [-0.15, -0.1) is 11.3 Å². The summed E-state index contributed by atoms with van der Waals surface area (Å²) in [6, 6.07) is 50.5. The molecular formula is C55H43N2S+. The number of allylic oxidation sites excluding steroid dienone is 7. The van der Waals surface area contributed by atoms with Gasteiger partial charge in [0.15, 0.2) is 0 Å². The van der Waals surface area contributed by atoms with Crippen molar-refractivity contribution in [3.8, 4) is 11.1 Å². The Balaban J connectivity index is 1.10. The van der Waals surface area contributed by atoms with Crippen LogP contribution in [0.15, 0.2) is 176 Å². The molecule has 278 valence electrons. The molecule has 0 saturated carbocycles. The maximum absolute atomic E-state index is 4.82. The molecule has 8 aromatic rings. The first kappa shape index (κ1) is 33.8. The molecule has 0 amide bonds. The predicted octanol–water partition coefficient (Wildman–Crippen LogP) is 12.8. The molecule has 6 aromatic carbocycles. The van der Waals surface area contributed by atoms with Gasteiger partial charge < -0.3 is 0 Å². The summed E-state index contributed by atoms with van der Waals surface area (Å²) < 4.78 is 3.85. The molecule has 2 aromatic heterocycles. The van der Waals surface area contributed by atoms with Crippen molar-refractivity contribution in [2.45, 2.75) is 31.2 Å². The molecule has 4 unspecified atom stereocenters. The first-order chi connectivity index (χ1) is 28.6. The van der Waals surface area contributed by atoms with Crippen LogP contribution < -0.4 is 5.32 Å². The maximum atomic E-state index is 4.82. The molecule has 3 heterocycles. The van der Waals surface area contributed by atoms with Crippen LogP contribution in [0, 0.1) is 11.8 Å². The molecule has 2 N–H and O–H groups in total. The smallest absolute Gasteiger partial charge is 0.211 e. The van der Waals surface area contributed by atoms with Crippen molar-refractivity contribution < 1.29 is 5.32 Å². The minimum absolute atomic E-state index is 0.00148. The summed E-state index contributed by atoms with van der Waals surface area (Å²) in [5.74, 6) is 1.97. The maximum Gasteiger partial charge on any atom is 0.211 e. The average Bonchev–Trinajstić information content (AvgIpc) is 3.88. The van der Waals surface area contributed by atoms with E-state index in [1.165, 1.54) is 92.7 Å². The average molecular weight is 764 g/mol. The first-order valence-electron chi connectivity index (χ1n) is 20.7. The van der Waals surface area contributed by atoms with E-state index in [1.54, 1.807) is 0 Å². The van der Waals surface area contributed by atoms with Crippen LogP contribution in [-0.4, -0.2) is 4.57 Å². The van der Waals surface area contributed by atoms with Crippen molar-refractivity contribution in [2.24, 2.45) is 11.8 Å². The van der Waals surface area contributed by atoms with E-state index in [1.807, 2.05) is 11.3 Å². The van der Waals surface area contributed by atoms with Crippen molar-refractivity contribution in [1.82, 2.24) is 4.57 Å². The van der Waals surface area contributed by atoms with Crippen molar-refractivity contribution in [1.29, 1.82) is 0 Å². The van der Waals surface area contributed by atoms with Crippen LogP contribution in [0.4, 0.5) is 0 Å². The van der Waals surface area contributed by atoms with Gasteiger partial charge in [-0.2, -0.15) is 0 Å². The molecule has 0 fully saturated rings. The Morgan fingerprint density at radius 3 is 2.38 bits per heavy atom. The molecule has 0 spiro atoms. The second-order valence-corrected chi connectivity index (χ2v) is 17.8. The van der Waals surface area contributed by atoms with Crippen LogP contribution in [0.3, 0.4) is 0 Å². The largest absolute Gasteiger partial charge is 0.288 e. The Bertz CT molecular complexity index is 3150. The molecule has 12 rings (SSSR count). The third-order valence-corrected chi connectivity index (χ3v) is 14.7. The van der Waals surface area contributed by atoms with Gasteiger partial charge in [-0.1, -0.05) is 153 Å². The summed E-state index contributed by atoms with van der Waals surface area (Å²) >= 11 is 1.88. The van der Waals surface area contributed by atoms with Gasteiger partial charge in [0, 0.05) is 37.6 Å². The normalized spacial score (nSPS) is 21.8. The van der Waals surface area contributed by atoms with Gasteiger partial charge in [0.05, 0.1) is 16.6 Å². The number of fused-ring (bicyclic) bond motifs is 10. The fourth-order valence-corrected chi connectivity index (χ4v) is 12.2. The quantitative estimate of drug-likeness (QED) is 0.184. The highest BCUT2D eigenvalue weighted by Crippen LogP contribution is 2.58. The molecular weight excluding hydrogens is 721 g/mol. The van der Waals surface area contributed by atoms with Gasteiger partial charge in [-0.05, 0) is 105 Å². The summed E-state index contributed by atoms with van der Waals surface area (Å²) in [6.07, 6.45) is 18.4. The van der Waals surface area contributed by atoms with Gasteiger partial charge in [0.1, 0.15) is 6.04 Å². The van der Waals surface area contributed by atoms with E-state index in [-0.39, 0.29) is 11.5 Å². The van der Waals surface area contributed by atoms with Crippen LogP contribution in [0.25, 0.3) is 60.4 Å². The van der Waals surface area contributed by atoms with Gasteiger partial charge in [-0.3, -0.25) is 9.88 Å². The second kappa shape index (κ2) is 12.9. The predicted molar refractivity (Wildman–Crippen MR) is 245 cm³/mol. The lowest BCUT2D eigenvalue weighted by molar-refractivity contribution is -0.604. The Morgan fingerprint density at radius 2 is 1.52 bits per heavy atom. The summed E-state index contributed by atoms with van der Waals surface area (Å²) in [7, 11) is 0. The Labute approximate surface area is 343 Å². The zero-order chi connectivity index (χ0) is 38.5. The molecule has 3 heteroatoms. The zero-order valence-corrected chi connectivity index (χ0v) is 33.3. The zero-order valence-electron chi connectivity index (χ0n) is 32.5. The number of nitrogens with zero attached hydrogens (tertiary/aromatic N) is 1. The van der Waals surface area contributed by atoms with Crippen LogP contribution in [0.5, 0.6) is 0 Å². The van der Waals surface area contributed by atoms with Crippen LogP contribution >= 0.6 is 11.3 Å². The highest BCUT2D eigenvalue weighted by Gasteiger charge is 2.49. The lowest BCUT2D eigenvalue weighted by Gasteiger charge is -2.39.